The van der Waals surface area contributed by atoms with Gasteiger partial charge in [-0.1, -0.05) is 41.5 Å². The number of carbonyl (C=O) groups excluding carboxylic acids is 1. The Labute approximate surface area is 175 Å². The fourth-order valence-electron chi connectivity index (χ4n) is 1.59. The van der Waals surface area contributed by atoms with Crippen molar-refractivity contribution in [2.75, 3.05) is 20.3 Å². The molecule has 1 aromatic heterocycles. The maximum absolute atomic E-state index is 11.7. The summed E-state index contributed by atoms with van der Waals surface area (Å²) in [7, 11) is 0.500. The Bertz CT molecular complexity index is 481. The Balaban J connectivity index is -0.000000946. The van der Waals surface area contributed by atoms with E-state index >= 15 is 0 Å². The van der Waals surface area contributed by atoms with Crippen LogP contribution in [-0.4, -0.2) is 42.0 Å². The smallest absolute Gasteiger partial charge is 0.407 e. The maximum atomic E-state index is 11.7. The average molecular weight is 424 g/mol. The van der Waals surface area contributed by atoms with Gasteiger partial charge in [0.25, 0.3) is 0 Å². The third-order valence-electron chi connectivity index (χ3n) is 2.91. The zero-order chi connectivity index (χ0) is 22.8. The van der Waals surface area contributed by atoms with Crippen molar-refractivity contribution in [3.05, 3.63) is 17.7 Å². The lowest BCUT2D eigenvalue weighted by Crippen LogP contribution is -2.38. The number of halogens is 2. The lowest BCUT2D eigenvalue weighted by atomic mass is 9.97. The van der Waals surface area contributed by atoms with Crippen LogP contribution in [0.3, 0.4) is 0 Å². The summed E-state index contributed by atoms with van der Waals surface area (Å²) in [6.45, 7) is 18.5. The predicted molar refractivity (Wildman–Crippen MR) is 115 cm³/mol. The first kappa shape index (κ1) is 31.1. The number of alkyl halides is 1. The number of hydrogen-bond donors (Lipinski definition) is 1. The summed E-state index contributed by atoms with van der Waals surface area (Å²) in [6.07, 6.45) is 2.62. The zero-order valence-corrected chi connectivity index (χ0v) is 19.9. The van der Waals surface area contributed by atoms with Gasteiger partial charge in [0, 0.05) is 12.5 Å². The largest absolute Gasteiger partial charge is 0.490 e. The first-order chi connectivity index (χ1) is 13.2. The number of hydrogen-bond acceptors (Lipinski definition) is 5. The predicted octanol–water partition coefficient (Wildman–Crippen LogP) is 5.94. The number of alkyl carbamates (subject to hydrolysis) is 1. The number of nitrogens with one attached hydrogen (secondary N) is 1. The van der Waals surface area contributed by atoms with Gasteiger partial charge in [-0.15, -0.1) is 0 Å². The fourth-order valence-corrected chi connectivity index (χ4v) is 1.69. The molecule has 0 saturated carbocycles. The number of carbonyl (C=O) groups is 1. The van der Waals surface area contributed by atoms with Crippen molar-refractivity contribution < 1.29 is 18.7 Å². The molecule has 0 aliphatic carbocycles. The van der Waals surface area contributed by atoms with E-state index in [1.54, 1.807) is 0 Å². The molecule has 0 radical (unpaired) electrons. The number of rotatable bonds is 6. The monoisotopic (exact) mass is 423 g/mol. The molecule has 1 aromatic rings. The highest BCUT2D eigenvalue weighted by Crippen LogP contribution is 2.15. The molecule has 0 saturated heterocycles. The Morgan fingerprint density at radius 1 is 1.14 bits per heavy atom. The second kappa shape index (κ2) is 18.7. The van der Waals surface area contributed by atoms with Crippen molar-refractivity contribution in [3.8, 4) is 5.75 Å². The number of nitrogens with zero attached hydrogens (tertiary/aromatic N) is 2. The molecule has 1 N–H and O–H groups in total. The van der Waals surface area contributed by atoms with Crippen LogP contribution in [0.1, 0.15) is 62.3 Å². The van der Waals surface area contributed by atoms with Crippen LogP contribution >= 0.6 is 11.6 Å². The molecule has 0 fully saturated rings. The van der Waals surface area contributed by atoms with E-state index in [1.165, 1.54) is 12.4 Å². The maximum Gasteiger partial charge on any atom is 0.407 e. The van der Waals surface area contributed by atoms with Crippen molar-refractivity contribution >= 4 is 17.7 Å². The van der Waals surface area contributed by atoms with Gasteiger partial charge in [-0.3, -0.25) is 4.39 Å². The van der Waals surface area contributed by atoms with Gasteiger partial charge in [0.2, 0.25) is 5.28 Å². The molecule has 8 heteroatoms. The molecule has 28 heavy (non-hydrogen) atoms. The second-order valence-corrected chi connectivity index (χ2v) is 6.72. The summed E-state index contributed by atoms with van der Waals surface area (Å²) >= 11 is 5.62. The van der Waals surface area contributed by atoms with Crippen molar-refractivity contribution in [2.24, 2.45) is 11.8 Å². The molecule has 1 amide bonds. The number of aromatic nitrogens is 2. The minimum Gasteiger partial charge on any atom is -0.490 e. The highest BCUT2D eigenvalue weighted by molar-refractivity contribution is 6.28. The third-order valence-corrected chi connectivity index (χ3v) is 3.11. The van der Waals surface area contributed by atoms with Crippen molar-refractivity contribution in [2.45, 2.75) is 67.9 Å². The third kappa shape index (κ3) is 17.8. The van der Waals surface area contributed by atoms with E-state index in [0.29, 0.717) is 32.0 Å². The lowest BCUT2D eigenvalue weighted by molar-refractivity contribution is 0.0507. The van der Waals surface area contributed by atoms with Crippen molar-refractivity contribution in [1.82, 2.24) is 15.3 Å². The van der Waals surface area contributed by atoms with E-state index in [9.17, 15) is 9.18 Å². The highest BCUT2D eigenvalue weighted by atomic mass is 35.5. The van der Waals surface area contributed by atoms with Crippen molar-refractivity contribution in [3.63, 3.8) is 0 Å². The van der Waals surface area contributed by atoms with E-state index in [2.05, 4.69) is 29.1 Å². The summed E-state index contributed by atoms with van der Waals surface area (Å²) in [5, 5.41) is 2.95. The highest BCUT2D eigenvalue weighted by Gasteiger charge is 2.19. The Hall–Kier alpha value is -1.63. The molecular weight excluding hydrogens is 385 g/mol. The summed E-state index contributed by atoms with van der Waals surface area (Å²) in [4.78, 5) is 19.4. The fraction of sp³-hybridized carbons (Fsp3) is 0.750. The van der Waals surface area contributed by atoms with Gasteiger partial charge in [-0.2, -0.15) is 0 Å². The molecule has 1 rings (SSSR count). The van der Waals surface area contributed by atoms with E-state index in [4.69, 9.17) is 21.1 Å². The van der Waals surface area contributed by atoms with Crippen molar-refractivity contribution in [1.29, 1.82) is 0 Å². The Morgan fingerprint density at radius 2 is 1.61 bits per heavy atom. The van der Waals surface area contributed by atoms with Gasteiger partial charge in [0.05, 0.1) is 26.2 Å². The van der Waals surface area contributed by atoms with Gasteiger partial charge in [0.1, 0.15) is 5.60 Å². The van der Waals surface area contributed by atoms with Gasteiger partial charge < -0.3 is 14.8 Å². The van der Waals surface area contributed by atoms with Crippen LogP contribution in [0, 0.1) is 11.8 Å². The first-order valence-electron chi connectivity index (χ1n) is 9.62. The van der Waals surface area contributed by atoms with Crippen LogP contribution in [0.15, 0.2) is 12.4 Å². The minimum absolute atomic E-state index is 0.142. The SMILES string of the molecule is CC.CC.CC(C)C(CNC(=O)OC(C)(C)C)COc1cnc(Cl)nc1.CF. The molecule has 0 spiro atoms. The molecule has 6 nitrogen and oxygen atoms in total. The summed E-state index contributed by atoms with van der Waals surface area (Å²) < 4.78 is 20.4. The number of amides is 1. The molecule has 0 aliphatic rings. The van der Waals surface area contributed by atoms with Crippen LogP contribution in [0.5, 0.6) is 5.75 Å². The summed E-state index contributed by atoms with van der Waals surface area (Å²) in [5.41, 5.74) is -0.505. The van der Waals surface area contributed by atoms with E-state index in [1.807, 2.05) is 48.5 Å². The van der Waals surface area contributed by atoms with Gasteiger partial charge in [-0.05, 0) is 38.3 Å². The molecule has 166 valence electrons. The second-order valence-electron chi connectivity index (χ2n) is 6.39. The molecule has 0 bridgehead atoms. The lowest BCUT2D eigenvalue weighted by Gasteiger charge is -2.24. The molecule has 1 heterocycles. The van der Waals surface area contributed by atoms with Gasteiger partial charge >= 0.3 is 6.09 Å². The zero-order valence-electron chi connectivity index (χ0n) is 19.1. The molecule has 1 unspecified atom stereocenters. The van der Waals surface area contributed by atoms with E-state index in [0.717, 1.165) is 0 Å². The summed E-state index contributed by atoms with van der Waals surface area (Å²) in [6, 6.07) is 0. The van der Waals surface area contributed by atoms with E-state index < -0.39 is 11.7 Å². The van der Waals surface area contributed by atoms with E-state index in [-0.39, 0.29) is 11.2 Å². The van der Waals surface area contributed by atoms with Crippen LogP contribution in [0.25, 0.3) is 0 Å². The minimum atomic E-state index is -0.505. The Kier molecular flexibility index (Phi) is 20.8. The van der Waals surface area contributed by atoms with Gasteiger partial charge in [-0.25, -0.2) is 14.8 Å². The topological polar surface area (TPSA) is 73.3 Å². The van der Waals surface area contributed by atoms with Crippen LogP contribution in [-0.2, 0) is 4.74 Å². The van der Waals surface area contributed by atoms with Gasteiger partial charge in [0.15, 0.2) is 5.75 Å². The molecular formula is C20H39ClFN3O3. The Morgan fingerprint density at radius 3 is 2.00 bits per heavy atom. The van der Waals surface area contributed by atoms with Crippen LogP contribution < -0.4 is 10.1 Å². The standard InChI is InChI=1S/C15H24ClN3O3.2C2H6.CH3F/c1-10(2)11(6-19-14(20)22-15(3,4)5)9-21-12-7-17-13(16)18-8-12;3*1-2/h7-8,10-11H,6,9H2,1-5H3,(H,19,20);2*1-2H3;1H3. The molecule has 0 aliphatic heterocycles. The normalized spacial score (nSPS) is 10.8. The quantitative estimate of drug-likeness (QED) is 0.572. The van der Waals surface area contributed by atoms with Crippen LogP contribution in [0.2, 0.25) is 5.28 Å². The molecule has 0 aromatic carbocycles. The number of ether oxygens (including phenoxy) is 2. The first-order valence-corrected chi connectivity index (χ1v) is 10.00. The van der Waals surface area contributed by atoms with Crippen LogP contribution in [0.4, 0.5) is 9.18 Å². The molecule has 1 atom stereocenters. The average Bonchev–Trinajstić information content (AvgIpc) is 2.66. The summed E-state index contributed by atoms with van der Waals surface area (Å²) in [5.74, 6) is 1.03.